The van der Waals surface area contributed by atoms with E-state index in [0.717, 1.165) is 55.5 Å². The van der Waals surface area contributed by atoms with E-state index in [1.807, 2.05) is 41.9 Å². The van der Waals surface area contributed by atoms with Crippen LogP contribution >= 0.6 is 11.6 Å². The van der Waals surface area contributed by atoms with Gasteiger partial charge in [-0.15, -0.1) is 0 Å². The first-order valence-corrected chi connectivity index (χ1v) is 13.4. The van der Waals surface area contributed by atoms with Gasteiger partial charge in [0.15, 0.2) is 0 Å². The van der Waals surface area contributed by atoms with E-state index in [-0.39, 0.29) is 28.1 Å². The molecular formula is C28H35ClN6O3. The summed E-state index contributed by atoms with van der Waals surface area (Å²) in [6, 6.07) is 14.1. The molecule has 38 heavy (non-hydrogen) atoms. The molecule has 202 valence electrons. The van der Waals surface area contributed by atoms with Gasteiger partial charge in [-0.05, 0) is 37.6 Å². The summed E-state index contributed by atoms with van der Waals surface area (Å²) in [7, 11) is 0. The molecule has 1 saturated heterocycles. The van der Waals surface area contributed by atoms with Crippen LogP contribution in [0.5, 0.6) is 0 Å². The molecular weight excluding hydrogens is 504 g/mol. The summed E-state index contributed by atoms with van der Waals surface area (Å²) < 4.78 is 1.99. The number of anilines is 1. The molecule has 3 aromatic rings. The molecule has 0 aliphatic carbocycles. The maximum Gasteiger partial charge on any atom is 0.270 e. The van der Waals surface area contributed by atoms with E-state index in [2.05, 4.69) is 30.6 Å². The molecule has 1 aliphatic heterocycles. The number of carbonyl (C=O) groups is 1. The minimum Gasteiger partial charge on any atom is -0.354 e. The van der Waals surface area contributed by atoms with Crippen LogP contribution in [-0.2, 0) is 6.54 Å². The summed E-state index contributed by atoms with van der Waals surface area (Å²) in [5.74, 6) is 0.949. The number of carbonyl (C=O) groups excluding carboxylic acids is 1. The molecule has 1 fully saturated rings. The quantitative estimate of drug-likeness (QED) is 0.275. The van der Waals surface area contributed by atoms with Crippen LogP contribution in [0.1, 0.15) is 42.4 Å². The number of piperazine rings is 1. The van der Waals surface area contributed by atoms with Crippen LogP contribution in [-0.4, -0.2) is 69.7 Å². The van der Waals surface area contributed by atoms with Gasteiger partial charge in [0.25, 0.3) is 11.6 Å². The van der Waals surface area contributed by atoms with Crippen molar-refractivity contribution in [2.75, 3.05) is 44.2 Å². The second-order valence-corrected chi connectivity index (χ2v) is 10.5. The molecule has 0 spiro atoms. The average molecular weight is 539 g/mol. The highest BCUT2D eigenvalue weighted by Gasteiger charge is 2.29. The number of nitrogens with zero attached hydrogens (tertiary/aromatic N) is 6. The van der Waals surface area contributed by atoms with Crippen molar-refractivity contribution in [2.45, 2.75) is 34.2 Å². The SMILES string of the molecule is CCN1CCN(c2c(CN(CC(C)C)C(=O)c3ccc([N+](=O)[O-])cc3Cl)c(C)nn2-c2ccccc2)CC1. The molecule has 0 bridgehead atoms. The molecule has 1 amide bonds. The van der Waals surface area contributed by atoms with Gasteiger partial charge in [-0.25, -0.2) is 4.68 Å². The molecule has 1 aromatic heterocycles. The predicted molar refractivity (Wildman–Crippen MR) is 150 cm³/mol. The first-order valence-electron chi connectivity index (χ1n) is 13.0. The second kappa shape index (κ2) is 12.0. The number of aryl methyl sites for hydroxylation is 1. The molecule has 10 heteroatoms. The lowest BCUT2D eigenvalue weighted by Crippen LogP contribution is -2.47. The number of amides is 1. The highest BCUT2D eigenvalue weighted by atomic mass is 35.5. The fourth-order valence-electron chi connectivity index (χ4n) is 4.89. The molecule has 0 radical (unpaired) electrons. The van der Waals surface area contributed by atoms with Gasteiger partial charge in [-0.1, -0.05) is 50.6 Å². The third-order valence-electron chi connectivity index (χ3n) is 6.89. The summed E-state index contributed by atoms with van der Waals surface area (Å²) in [4.78, 5) is 31.0. The standard InChI is InChI=1S/C28H35ClN6O3/c1-5-31-13-15-32(16-14-31)27-25(21(4)30-34(27)22-9-7-6-8-10-22)19-33(18-20(2)3)28(36)24-12-11-23(35(37)38)17-26(24)29/h6-12,17,20H,5,13-16,18-19H2,1-4H3. The van der Waals surface area contributed by atoms with E-state index in [4.69, 9.17) is 16.7 Å². The number of para-hydroxylation sites is 1. The number of benzene rings is 2. The largest absolute Gasteiger partial charge is 0.354 e. The number of rotatable bonds is 9. The van der Waals surface area contributed by atoms with Gasteiger partial charge in [0.1, 0.15) is 5.82 Å². The smallest absolute Gasteiger partial charge is 0.270 e. The number of halogens is 1. The maximum absolute atomic E-state index is 13.8. The van der Waals surface area contributed by atoms with Crippen molar-refractivity contribution in [3.63, 3.8) is 0 Å². The van der Waals surface area contributed by atoms with Crippen molar-refractivity contribution in [3.8, 4) is 5.69 Å². The van der Waals surface area contributed by atoms with Gasteiger partial charge < -0.3 is 14.7 Å². The van der Waals surface area contributed by atoms with E-state index in [1.165, 1.54) is 18.2 Å². The summed E-state index contributed by atoms with van der Waals surface area (Å²) in [6.45, 7) is 13.8. The van der Waals surface area contributed by atoms with Gasteiger partial charge >= 0.3 is 0 Å². The molecule has 0 N–H and O–H groups in total. The summed E-state index contributed by atoms with van der Waals surface area (Å²) in [5, 5.41) is 16.2. The molecule has 1 aliphatic rings. The molecule has 9 nitrogen and oxygen atoms in total. The monoisotopic (exact) mass is 538 g/mol. The average Bonchev–Trinajstić information content (AvgIpc) is 3.23. The summed E-state index contributed by atoms with van der Waals surface area (Å²) >= 11 is 6.37. The van der Waals surface area contributed by atoms with E-state index in [0.29, 0.717) is 13.1 Å². The zero-order valence-electron chi connectivity index (χ0n) is 22.4. The Morgan fingerprint density at radius 1 is 1.13 bits per heavy atom. The number of aromatic nitrogens is 2. The number of hydrogen-bond acceptors (Lipinski definition) is 6. The van der Waals surface area contributed by atoms with Crippen molar-refractivity contribution in [3.05, 3.63) is 80.5 Å². The van der Waals surface area contributed by atoms with Crippen LogP contribution in [0, 0.1) is 23.0 Å². The van der Waals surface area contributed by atoms with Gasteiger partial charge in [-0.2, -0.15) is 5.10 Å². The Morgan fingerprint density at radius 2 is 1.82 bits per heavy atom. The first kappa shape index (κ1) is 27.6. The Hall–Kier alpha value is -3.43. The van der Waals surface area contributed by atoms with Crippen molar-refractivity contribution in [1.29, 1.82) is 0 Å². The molecule has 2 aromatic carbocycles. The van der Waals surface area contributed by atoms with E-state index < -0.39 is 4.92 Å². The van der Waals surface area contributed by atoms with E-state index in [9.17, 15) is 14.9 Å². The summed E-state index contributed by atoms with van der Waals surface area (Å²) in [6.07, 6.45) is 0. The fraction of sp³-hybridized carbons (Fsp3) is 0.429. The minimum atomic E-state index is -0.516. The van der Waals surface area contributed by atoms with Crippen molar-refractivity contribution in [2.24, 2.45) is 5.92 Å². The van der Waals surface area contributed by atoms with Crippen LogP contribution in [0.3, 0.4) is 0 Å². The number of nitro groups is 1. The highest BCUT2D eigenvalue weighted by molar-refractivity contribution is 6.34. The van der Waals surface area contributed by atoms with Crippen molar-refractivity contribution >= 4 is 29.0 Å². The van der Waals surface area contributed by atoms with Crippen LogP contribution in [0.25, 0.3) is 5.69 Å². The lowest BCUT2D eigenvalue weighted by molar-refractivity contribution is -0.384. The highest BCUT2D eigenvalue weighted by Crippen LogP contribution is 2.31. The molecule has 0 unspecified atom stereocenters. The van der Waals surface area contributed by atoms with Crippen LogP contribution in [0.15, 0.2) is 48.5 Å². The lowest BCUT2D eigenvalue weighted by Gasteiger charge is -2.36. The molecule has 0 atom stereocenters. The Balaban J connectivity index is 1.74. The van der Waals surface area contributed by atoms with E-state index >= 15 is 0 Å². The Labute approximate surface area is 228 Å². The van der Waals surface area contributed by atoms with Crippen LogP contribution < -0.4 is 4.90 Å². The zero-order valence-corrected chi connectivity index (χ0v) is 23.2. The Kier molecular flexibility index (Phi) is 8.69. The first-order chi connectivity index (χ1) is 18.2. The van der Waals surface area contributed by atoms with Crippen LogP contribution in [0.2, 0.25) is 5.02 Å². The third kappa shape index (κ3) is 6.00. The minimum absolute atomic E-state index is 0.0746. The summed E-state index contributed by atoms with van der Waals surface area (Å²) in [5.41, 5.74) is 2.93. The number of nitro benzene ring substituents is 1. The fourth-order valence-corrected chi connectivity index (χ4v) is 5.15. The Bertz CT molecular complexity index is 1290. The molecule has 0 saturated carbocycles. The zero-order chi connectivity index (χ0) is 27.4. The molecule has 4 rings (SSSR count). The number of likely N-dealkylation sites (N-methyl/N-ethyl adjacent to an activating group) is 1. The van der Waals surface area contributed by atoms with Gasteiger partial charge in [0.05, 0.1) is 33.4 Å². The number of hydrogen-bond donors (Lipinski definition) is 0. The second-order valence-electron chi connectivity index (χ2n) is 10.1. The predicted octanol–water partition coefficient (Wildman–Crippen LogP) is 5.18. The van der Waals surface area contributed by atoms with Crippen LogP contribution in [0.4, 0.5) is 11.5 Å². The third-order valence-corrected chi connectivity index (χ3v) is 7.21. The van der Waals surface area contributed by atoms with Gasteiger partial charge in [-0.3, -0.25) is 14.9 Å². The number of non-ortho nitro benzene ring substituents is 1. The Morgan fingerprint density at radius 3 is 2.39 bits per heavy atom. The van der Waals surface area contributed by atoms with Crippen molar-refractivity contribution in [1.82, 2.24) is 19.6 Å². The van der Waals surface area contributed by atoms with Crippen molar-refractivity contribution < 1.29 is 9.72 Å². The van der Waals surface area contributed by atoms with Gasteiger partial charge in [0, 0.05) is 50.4 Å². The maximum atomic E-state index is 13.8. The van der Waals surface area contributed by atoms with E-state index in [1.54, 1.807) is 4.90 Å². The topological polar surface area (TPSA) is 87.8 Å². The lowest BCUT2D eigenvalue weighted by atomic mass is 10.1. The normalized spacial score (nSPS) is 14.2. The molecule has 2 heterocycles. The van der Waals surface area contributed by atoms with Gasteiger partial charge in [0.2, 0.25) is 0 Å².